The predicted molar refractivity (Wildman–Crippen MR) is 247 cm³/mol. The van der Waals surface area contributed by atoms with Crippen molar-refractivity contribution >= 4 is 49.3 Å². The van der Waals surface area contributed by atoms with Crippen LogP contribution < -0.4 is 0 Å². The molecule has 0 radical (unpaired) electrons. The topological polar surface area (TPSA) is 38.0 Å². The quantitative estimate of drug-likeness (QED) is 0.125. The molecule has 10 rings (SSSR count). The Morgan fingerprint density at radius 3 is 1.53 bits per heavy atom. The van der Waals surface area contributed by atoms with E-state index < -0.39 is 46.3 Å². The second-order valence-electron chi connectivity index (χ2n) is 16.6. The molecule has 0 atom stereocenters. The fraction of sp³-hybridized carbons (Fsp3) is 0.0909. The van der Waals surface area contributed by atoms with Crippen molar-refractivity contribution in [3.63, 3.8) is 0 Å². The predicted octanol–water partition coefficient (Wildman–Crippen LogP) is 17.0. The van der Waals surface area contributed by atoms with Crippen molar-refractivity contribution in [3.8, 4) is 50.8 Å². The van der Waals surface area contributed by atoms with E-state index in [9.17, 15) is 31.6 Å². The first kappa shape index (κ1) is 43.6. The van der Waals surface area contributed by atoms with E-state index in [-0.39, 0.29) is 45.3 Å². The highest BCUT2D eigenvalue weighted by Gasteiger charge is 2.39. The number of rotatable bonds is 5. The smallest absolute Gasteiger partial charge is 0.308 e. The monoisotopic (exact) mass is 918 g/mol. The van der Waals surface area contributed by atoms with Crippen LogP contribution >= 0.6 is 0 Å². The Balaban J connectivity index is 1.36. The fourth-order valence-electron chi connectivity index (χ4n) is 9.54. The minimum absolute atomic E-state index is 0.0242. The zero-order valence-corrected chi connectivity index (χ0v) is 35.6. The van der Waals surface area contributed by atoms with Crippen LogP contribution in [0.15, 0.2) is 152 Å². The first-order valence-electron chi connectivity index (χ1n) is 21.0. The molecular formula is C55H31F9N4. The summed E-state index contributed by atoms with van der Waals surface area (Å²) < 4.78 is 134. The molecule has 68 heavy (non-hydrogen) atoms. The number of halogens is 9. The van der Waals surface area contributed by atoms with Gasteiger partial charge in [0.05, 0.1) is 56.7 Å². The minimum atomic E-state index is -5.21. The van der Waals surface area contributed by atoms with Crippen LogP contribution in [0.4, 0.5) is 45.2 Å². The van der Waals surface area contributed by atoms with Crippen molar-refractivity contribution in [3.05, 3.63) is 196 Å². The summed E-state index contributed by atoms with van der Waals surface area (Å²) in [5, 5.41) is 14.0. The lowest BCUT2D eigenvalue weighted by molar-refractivity contribution is -0.143. The number of benzene rings is 8. The number of nitrogens with zero attached hydrogens (tertiary/aromatic N) is 4. The van der Waals surface area contributed by atoms with Gasteiger partial charge in [-0.15, -0.1) is 0 Å². The van der Waals surface area contributed by atoms with Crippen LogP contribution in [-0.4, -0.2) is 9.13 Å². The number of fused-ring (bicyclic) bond motifs is 6. The van der Waals surface area contributed by atoms with Gasteiger partial charge in [0.2, 0.25) is 0 Å². The third-order valence-corrected chi connectivity index (χ3v) is 12.5. The van der Waals surface area contributed by atoms with E-state index in [1.54, 1.807) is 39.5 Å². The molecule has 2 aromatic heterocycles. The average molecular weight is 919 g/mol. The van der Waals surface area contributed by atoms with Gasteiger partial charge in [-0.1, -0.05) is 109 Å². The van der Waals surface area contributed by atoms with Crippen molar-refractivity contribution in [2.75, 3.05) is 0 Å². The molecule has 0 unspecified atom stereocenters. The molecule has 13 heteroatoms. The van der Waals surface area contributed by atoms with Crippen LogP contribution in [-0.2, 0) is 18.5 Å². The summed E-state index contributed by atoms with van der Waals surface area (Å²) in [5.74, 6) is 0. The lowest BCUT2D eigenvalue weighted by atomic mass is 9.94. The maximum atomic E-state index is 15.1. The Morgan fingerprint density at radius 1 is 0.485 bits per heavy atom. The van der Waals surface area contributed by atoms with E-state index in [0.717, 1.165) is 51.2 Å². The molecule has 0 aliphatic heterocycles. The molecule has 0 saturated carbocycles. The van der Waals surface area contributed by atoms with Crippen LogP contribution in [0.2, 0.25) is 0 Å². The highest BCUT2D eigenvalue weighted by atomic mass is 19.4. The second-order valence-corrected chi connectivity index (χ2v) is 16.6. The van der Waals surface area contributed by atoms with E-state index in [1.165, 1.54) is 36.4 Å². The number of para-hydroxylation sites is 2. The van der Waals surface area contributed by atoms with E-state index in [0.29, 0.717) is 33.4 Å². The number of nitriles is 1. The molecule has 0 amide bonds. The maximum Gasteiger partial charge on any atom is 0.417 e. The summed E-state index contributed by atoms with van der Waals surface area (Å²) in [7, 11) is 0. The molecule has 0 fully saturated rings. The van der Waals surface area contributed by atoms with Crippen molar-refractivity contribution in [2.45, 2.75) is 32.4 Å². The molecule has 10 aromatic rings. The maximum absolute atomic E-state index is 15.1. The largest absolute Gasteiger partial charge is 0.417 e. The highest BCUT2D eigenvalue weighted by molar-refractivity contribution is 6.12. The van der Waals surface area contributed by atoms with Crippen molar-refractivity contribution in [1.29, 1.82) is 5.26 Å². The van der Waals surface area contributed by atoms with Gasteiger partial charge in [0.15, 0.2) is 5.69 Å². The van der Waals surface area contributed by atoms with Gasteiger partial charge in [0.25, 0.3) is 0 Å². The molecule has 0 aliphatic rings. The van der Waals surface area contributed by atoms with E-state index in [1.807, 2.05) is 68.4 Å². The Kier molecular flexibility index (Phi) is 10.0. The number of hydrogen-bond donors (Lipinski definition) is 0. The van der Waals surface area contributed by atoms with Crippen LogP contribution in [0.5, 0.6) is 0 Å². The van der Waals surface area contributed by atoms with Gasteiger partial charge < -0.3 is 9.13 Å². The molecule has 0 bridgehead atoms. The van der Waals surface area contributed by atoms with Crippen LogP contribution in [0, 0.1) is 31.8 Å². The van der Waals surface area contributed by atoms with E-state index in [2.05, 4.69) is 10.9 Å². The normalized spacial score (nSPS) is 12.3. The van der Waals surface area contributed by atoms with Gasteiger partial charge in [-0.3, -0.25) is 0 Å². The Bertz CT molecular complexity index is 3820. The molecule has 0 N–H and O–H groups in total. The Labute approximate surface area is 381 Å². The average Bonchev–Trinajstić information content (AvgIpc) is 3.81. The van der Waals surface area contributed by atoms with Crippen LogP contribution in [0.25, 0.3) is 93.2 Å². The molecule has 0 spiro atoms. The van der Waals surface area contributed by atoms with Gasteiger partial charge >= 0.3 is 18.5 Å². The third-order valence-electron chi connectivity index (χ3n) is 12.5. The lowest BCUT2D eigenvalue weighted by Gasteiger charge is -2.21. The summed E-state index contributed by atoms with van der Waals surface area (Å²) >= 11 is 0. The molecular weight excluding hydrogens is 888 g/mol. The van der Waals surface area contributed by atoms with E-state index in [4.69, 9.17) is 6.57 Å². The third kappa shape index (κ3) is 7.10. The minimum Gasteiger partial charge on any atom is -0.308 e. The van der Waals surface area contributed by atoms with Gasteiger partial charge in [-0.25, -0.2) is 4.85 Å². The molecule has 4 nitrogen and oxygen atoms in total. The first-order chi connectivity index (χ1) is 32.4. The second kappa shape index (κ2) is 15.7. The van der Waals surface area contributed by atoms with Crippen LogP contribution in [0.3, 0.4) is 0 Å². The first-order valence-corrected chi connectivity index (χ1v) is 21.0. The Hall–Kier alpha value is -8.29. The van der Waals surface area contributed by atoms with Gasteiger partial charge in [-0.2, -0.15) is 44.8 Å². The van der Waals surface area contributed by atoms with Gasteiger partial charge in [0, 0.05) is 21.5 Å². The summed E-state index contributed by atoms with van der Waals surface area (Å²) in [6.07, 6.45) is -15.2. The lowest BCUT2D eigenvalue weighted by Crippen LogP contribution is -2.12. The SMILES string of the molecule is [C-]#[N+]c1cccc(C(F)(F)F)c1-c1cc(-n2c3ccccc3c3ccc(-c4ccc(C)cc4C)cc32)c(C#N)c(-n2c3ccccc3c3ccc(-c4ccc(C(F)(F)F)cc4C(F)(F)F)cc32)c1. The molecule has 334 valence electrons. The summed E-state index contributed by atoms with van der Waals surface area (Å²) in [6, 6.07) is 40.1. The molecule has 8 aromatic carbocycles. The van der Waals surface area contributed by atoms with Gasteiger partial charge in [0.1, 0.15) is 11.6 Å². The molecule has 2 heterocycles. The highest BCUT2D eigenvalue weighted by Crippen LogP contribution is 2.48. The van der Waals surface area contributed by atoms with Crippen molar-refractivity contribution in [2.24, 2.45) is 0 Å². The zero-order valence-electron chi connectivity index (χ0n) is 35.6. The summed E-state index contributed by atoms with van der Waals surface area (Å²) in [5.41, 5.74) is 0.0593. The summed E-state index contributed by atoms with van der Waals surface area (Å²) in [6.45, 7) is 12.0. The number of aryl methyl sites for hydroxylation is 2. The summed E-state index contributed by atoms with van der Waals surface area (Å²) in [4.78, 5) is 3.51. The molecule has 0 saturated heterocycles. The standard InChI is InChI=1S/C55H31F9N4/c1-30-15-19-36(31(2)23-30)32-16-20-40-38-9-4-6-13-46(38)67(48(40)24-32)50-26-34(52-43(54(59,60)61)11-8-12-45(52)66-3)27-51(42(50)29-65)68-47-14-7-5-10-39(47)41-21-17-33(25-49(41)68)37-22-18-35(53(56,57)58)28-44(37)55(62,63)64/h4-28H,1-2H3. The van der Waals surface area contributed by atoms with Gasteiger partial charge in [-0.05, 0) is 101 Å². The van der Waals surface area contributed by atoms with E-state index >= 15 is 13.2 Å². The Morgan fingerprint density at radius 2 is 1.01 bits per heavy atom. The zero-order chi connectivity index (χ0) is 48.0. The molecule has 0 aliphatic carbocycles. The fourth-order valence-corrected chi connectivity index (χ4v) is 9.54. The number of hydrogen-bond acceptors (Lipinski definition) is 1. The number of alkyl halides is 9. The van der Waals surface area contributed by atoms with Crippen molar-refractivity contribution in [1.82, 2.24) is 9.13 Å². The van der Waals surface area contributed by atoms with Crippen molar-refractivity contribution < 1.29 is 39.5 Å². The number of aromatic nitrogens is 2. The van der Waals surface area contributed by atoms with Crippen LogP contribution in [0.1, 0.15) is 33.4 Å².